The van der Waals surface area contributed by atoms with Crippen molar-refractivity contribution < 1.29 is 9.47 Å². The molecule has 0 aromatic heterocycles. The summed E-state index contributed by atoms with van der Waals surface area (Å²) in [5.74, 6) is 0. The average Bonchev–Trinajstić information content (AvgIpc) is 2.03. The maximum atomic E-state index is 5.43. The normalized spacial score (nSPS) is 20.8. The predicted molar refractivity (Wildman–Crippen MR) is 40.0 cm³/mol. The molecule has 2 heteroatoms. The maximum absolute atomic E-state index is 5.43. The van der Waals surface area contributed by atoms with E-state index in [1.54, 1.807) is 6.08 Å². The van der Waals surface area contributed by atoms with Crippen molar-refractivity contribution in [3.05, 3.63) is 12.7 Å². The number of ether oxygens (including phenoxy) is 2. The van der Waals surface area contributed by atoms with Gasteiger partial charge in [-0.25, -0.2) is 0 Å². The van der Waals surface area contributed by atoms with Crippen molar-refractivity contribution in [1.29, 1.82) is 0 Å². The van der Waals surface area contributed by atoms with E-state index < -0.39 is 0 Å². The van der Waals surface area contributed by atoms with Crippen molar-refractivity contribution in [3.63, 3.8) is 0 Å². The number of hydrogen-bond donors (Lipinski definition) is 0. The molecule has 0 saturated carbocycles. The third kappa shape index (κ3) is 2.50. The van der Waals surface area contributed by atoms with Crippen LogP contribution >= 0.6 is 0 Å². The Morgan fingerprint density at radius 3 is 2.80 bits per heavy atom. The molecule has 1 fully saturated rings. The van der Waals surface area contributed by atoms with Gasteiger partial charge in [0.1, 0.15) is 0 Å². The van der Waals surface area contributed by atoms with Crippen LogP contribution in [0.1, 0.15) is 12.8 Å². The minimum Gasteiger partial charge on any atom is -0.381 e. The van der Waals surface area contributed by atoms with E-state index >= 15 is 0 Å². The fourth-order valence-electron chi connectivity index (χ4n) is 1.05. The summed E-state index contributed by atoms with van der Waals surface area (Å²) in [5.41, 5.74) is 0. The Morgan fingerprint density at radius 2 is 2.20 bits per heavy atom. The predicted octanol–water partition coefficient (Wildman–Crippen LogP) is 1.37. The van der Waals surface area contributed by atoms with Crippen molar-refractivity contribution in [2.24, 2.45) is 0 Å². The Morgan fingerprint density at radius 1 is 1.50 bits per heavy atom. The van der Waals surface area contributed by atoms with Crippen LogP contribution in [0.3, 0.4) is 0 Å². The van der Waals surface area contributed by atoms with Crippen LogP contribution in [0.25, 0.3) is 0 Å². The molecule has 10 heavy (non-hydrogen) atoms. The Kier molecular flexibility index (Phi) is 3.47. The Bertz CT molecular complexity index is 95.4. The lowest BCUT2D eigenvalue weighted by molar-refractivity contribution is -0.0221. The number of hydrogen-bond acceptors (Lipinski definition) is 2. The van der Waals surface area contributed by atoms with Gasteiger partial charge in [0, 0.05) is 13.2 Å². The fraction of sp³-hybridized carbons (Fsp3) is 0.750. The highest BCUT2D eigenvalue weighted by molar-refractivity contribution is 4.68. The highest BCUT2D eigenvalue weighted by Gasteiger charge is 2.12. The third-order valence-corrected chi connectivity index (χ3v) is 1.62. The summed E-state index contributed by atoms with van der Waals surface area (Å²) in [5, 5.41) is 0. The first-order chi connectivity index (χ1) is 4.93. The molecule has 0 unspecified atom stereocenters. The summed E-state index contributed by atoms with van der Waals surface area (Å²) in [6.07, 6.45) is 4.27. The first kappa shape index (κ1) is 7.76. The largest absolute Gasteiger partial charge is 0.381 e. The lowest BCUT2D eigenvalue weighted by atomic mass is 10.2. The summed E-state index contributed by atoms with van der Waals surface area (Å²) in [6.45, 7) is 5.96. The van der Waals surface area contributed by atoms with Crippen molar-refractivity contribution in [1.82, 2.24) is 0 Å². The van der Waals surface area contributed by atoms with Gasteiger partial charge in [0.05, 0.1) is 12.7 Å². The smallest absolute Gasteiger partial charge is 0.0648 e. The summed E-state index contributed by atoms with van der Waals surface area (Å²) in [7, 11) is 0. The van der Waals surface area contributed by atoms with Crippen LogP contribution in [0.15, 0.2) is 12.7 Å². The molecule has 0 aromatic carbocycles. The van der Waals surface area contributed by atoms with Gasteiger partial charge in [-0.3, -0.25) is 0 Å². The molecule has 0 amide bonds. The van der Waals surface area contributed by atoms with E-state index in [0.717, 1.165) is 26.1 Å². The van der Waals surface area contributed by atoms with Crippen molar-refractivity contribution >= 4 is 0 Å². The molecule has 1 aliphatic rings. The van der Waals surface area contributed by atoms with Gasteiger partial charge < -0.3 is 9.47 Å². The van der Waals surface area contributed by atoms with Crippen LogP contribution in [0.4, 0.5) is 0 Å². The standard InChI is InChI=1S/C8H14O2/c1-2-5-10-8-3-6-9-7-4-8/h2,8H,1,3-7H2. The molecule has 1 aliphatic heterocycles. The fourth-order valence-corrected chi connectivity index (χ4v) is 1.05. The third-order valence-electron chi connectivity index (χ3n) is 1.62. The Labute approximate surface area is 61.8 Å². The van der Waals surface area contributed by atoms with Crippen LogP contribution in [-0.4, -0.2) is 25.9 Å². The van der Waals surface area contributed by atoms with Crippen LogP contribution < -0.4 is 0 Å². The van der Waals surface area contributed by atoms with Crippen molar-refractivity contribution in [2.45, 2.75) is 18.9 Å². The molecule has 1 saturated heterocycles. The van der Waals surface area contributed by atoms with E-state index in [-0.39, 0.29) is 0 Å². The van der Waals surface area contributed by atoms with Gasteiger partial charge in [-0.05, 0) is 12.8 Å². The summed E-state index contributed by atoms with van der Waals surface area (Å²) in [4.78, 5) is 0. The molecular weight excluding hydrogens is 128 g/mol. The van der Waals surface area contributed by atoms with Gasteiger partial charge in [-0.15, -0.1) is 6.58 Å². The van der Waals surface area contributed by atoms with Crippen LogP contribution in [-0.2, 0) is 9.47 Å². The lowest BCUT2D eigenvalue weighted by Gasteiger charge is -2.21. The molecule has 1 heterocycles. The first-order valence-electron chi connectivity index (χ1n) is 3.73. The van der Waals surface area contributed by atoms with E-state index in [4.69, 9.17) is 9.47 Å². The molecule has 0 radical (unpaired) electrons. The molecule has 0 spiro atoms. The average molecular weight is 142 g/mol. The topological polar surface area (TPSA) is 18.5 Å². The van der Waals surface area contributed by atoms with Gasteiger partial charge in [-0.2, -0.15) is 0 Å². The molecule has 2 nitrogen and oxygen atoms in total. The van der Waals surface area contributed by atoms with Crippen LogP contribution in [0.5, 0.6) is 0 Å². The Balaban J connectivity index is 2.07. The van der Waals surface area contributed by atoms with Gasteiger partial charge in [0.25, 0.3) is 0 Å². The Hall–Kier alpha value is -0.340. The van der Waals surface area contributed by atoms with E-state index in [9.17, 15) is 0 Å². The molecule has 0 aromatic rings. The summed E-state index contributed by atoms with van der Waals surface area (Å²) < 4.78 is 10.6. The highest BCUT2D eigenvalue weighted by atomic mass is 16.5. The second kappa shape index (κ2) is 4.47. The lowest BCUT2D eigenvalue weighted by Crippen LogP contribution is -2.23. The van der Waals surface area contributed by atoms with Gasteiger partial charge >= 0.3 is 0 Å². The van der Waals surface area contributed by atoms with E-state index in [1.807, 2.05) is 0 Å². The summed E-state index contributed by atoms with van der Waals surface area (Å²) in [6, 6.07) is 0. The molecule has 1 rings (SSSR count). The zero-order chi connectivity index (χ0) is 7.23. The zero-order valence-electron chi connectivity index (χ0n) is 6.21. The molecule has 0 aliphatic carbocycles. The van der Waals surface area contributed by atoms with Crippen molar-refractivity contribution in [3.8, 4) is 0 Å². The molecule has 58 valence electrons. The van der Waals surface area contributed by atoms with Crippen LogP contribution in [0, 0.1) is 0 Å². The zero-order valence-corrected chi connectivity index (χ0v) is 6.21. The van der Waals surface area contributed by atoms with E-state index in [0.29, 0.717) is 12.7 Å². The van der Waals surface area contributed by atoms with Gasteiger partial charge in [0.2, 0.25) is 0 Å². The van der Waals surface area contributed by atoms with E-state index in [2.05, 4.69) is 6.58 Å². The minimum absolute atomic E-state index is 0.409. The number of rotatable bonds is 3. The quantitative estimate of drug-likeness (QED) is 0.554. The molecular formula is C8H14O2. The monoisotopic (exact) mass is 142 g/mol. The van der Waals surface area contributed by atoms with Gasteiger partial charge in [0.15, 0.2) is 0 Å². The molecule has 0 atom stereocenters. The maximum Gasteiger partial charge on any atom is 0.0648 e. The second-order valence-electron chi connectivity index (χ2n) is 2.43. The first-order valence-corrected chi connectivity index (χ1v) is 3.73. The highest BCUT2D eigenvalue weighted by Crippen LogP contribution is 2.09. The summed E-state index contributed by atoms with van der Waals surface area (Å²) >= 11 is 0. The SMILES string of the molecule is C=CCOC1CCOCC1. The molecule has 0 bridgehead atoms. The van der Waals surface area contributed by atoms with Crippen molar-refractivity contribution in [2.75, 3.05) is 19.8 Å². The minimum atomic E-state index is 0.409. The van der Waals surface area contributed by atoms with Crippen LogP contribution in [0.2, 0.25) is 0 Å². The van der Waals surface area contributed by atoms with E-state index in [1.165, 1.54) is 0 Å². The molecule has 0 N–H and O–H groups in total. The second-order valence-corrected chi connectivity index (χ2v) is 2.43. The van der Waals surface area contributed by atoms with Gasteiger partial charge in [-0.1, -0.05) is 6.08 Å².